The largest absolute Gasteiger partial charge is 0.495 e. The maximum atomic E-state index is 10.4. The molecular formula is C15H23BrO4. The molecule has 2 N–H and O–H groups in total. The van der Waals surface area contributed by atoms with Crippen LogP contribution in [0.3, 0.4) is 0 Å². The second-order valence-corrected chi connectivity index (χ2v) is 5.51. The fourth-order valence-electron chi connectivity index (χ4n) is 2.36. The summed E-state index contributed by atoms with van der Waals surface area (Å²) in [7, 11) is 3.09. The van der Waals surface area contributed by atoms with E-state index in [9.17, 15) is 10.2 Å². The number of aliphatic hydroxyl groups excluding tert-OH is 2. The number of ether oxygens (including phenoxy) is 2. The summed E-state index contributed by atoms with van der Waals surface area (Å²) in [5, 5.41) is 20.7. The van der Waals surface area contributed by atoms with Crippen LogP contribution in [0.1, 0.15) is 38.4 Å². The van der Waals surface area contributed by atoms with Crippen molar-refractivity contribution < 1.29 is 19.7 Å². The number of benzene rings is 1. The molecule has 0 saturated heterocycles. The zero-order valence-electron chi connectivity index (χ0n) is 12.4. The summed E-state index contributed by atoms with van der Waals surface area (Å²) in [5.41, 5.74) is 0.555. The molecule has 114 valence electrons. The smallest absolute Gasteiger partial charge is 0.142 e. The fourth-order valence-corrected chi connectivity index (χ4v) is 3.05. The molecule has 0 saturated carbocycles. The highest BCUT2D eigenvalue weighted by Crippen LogP contribution is 2.41. The van der Waals surface area contributed by atoms with Crippen LogP contribution >= 0.6 is 15.9 Å². The minimum atomic E-state index is -0.989. The average Bonchev–Trinajstić information content (AvgIpc) is 2.47. The maximum Gasteiger partial charge on any atom is 0.142 e. The monoisotopic (exact) mass is 346 g/mol. The number of aliphatic hydroxyl groups is 2. The van der Waals surface area contributed by atoms with E-state index in [1.165, 1.54) is 7.11 Å². The molecule has 0 aliphatic carbocycles. The third-order valence-corrected chi connectivity index (χ3v) is 4.44. The van der Waals surface area contributed by atoms with Gasteiger partial charge in [-0.25, -0.2) is 0 Å². The van der Waals surface area contributed by atoms with E-state index in [1.54, 1.807) is 19.2 Å². The van der Waals surface area contributed by atoms with Gasteiger partial charge in [0.25, 0.3) is 0 Å². The first-order valence-corrected chi connectivity index (χ1v) is 7.57. The molecule has 0 radical (unpaired) electrons. The molecule has 0 heterocycles. The van der Waals surface area contributed by atoms with Gasteiger partial charge in [0.1, 0.15) is 22.1 Å². The number of hydrogen-bond donors (Lipinski definition) is 2. The SMILES string of the molecule is CCC(CC)C(O)C(O)c1ccc(OC)c(Br)c1OC. The third-order valence-electron chi connectivity index (χ3n) is 3.69. The predicted octanol–water partition coefficient (Wildman–Crippen LogP) is 3.30. The summed E-state index contributed by atoms with van der Waals surface area (Å²) in [6.45, 7) is 4.01. The Balaban J connectivity index is 3.15. The lowest BCUT2D eigenvalue weighted by Crippen LogP contribution is -2.27. The number of rotatable bonds is 7. The minimum Gasteiger partial charge on any atom is -0.495 e. The Bertz CT molecular complexity index is 432. The van der Waals surface area contributed by atoms with Crippen molar-refractivity contribution in [1.82, 2.24) is 0 Å². The van der Waals surface area contributed by atoms with E-state index in [4.69, 9.17) is 9.47 Å². The summed E-state index contributed by atoms with van der Waals surface area (Å²) in [6.07, 6.45) is -0.181. The van der Waals surface area contributed by atoms with Crippen LogP contribution in [0.15, 0.2) is 16.6 Å². The minimum absolute atomic E-state index is 0.0515. The van der Waals surface area contributed by atoms with Crippen molar-refractivity contribution in [1.29, 1.82) is 0 Å². The van der Waals surface area contributed by atoms with Crippen molar-refractivity contribution in [2.45, 2.75) is 38.9 Å². The molecule has 1 aromatic rings. The maximum absolute atomic E-state index is 10.4. The van der Waals surface area contributed by atoms with E-state index in [-0.39, 0.29) is 5.92 Å². The zero-order valence-corrected chi connectivity index (χ0v) is 14.0. The highest BCUT2D eigenvalue weighted by atomic mass is 79.9. The number of halogens is 1. The van der Waals surface area contributed by atoms with Crippen LogP contribution in [0.4, 0.5) is 0 Å². The Morgan fingerprint density at radius 2 is 1.70 bits per heavy atom. The molecular weight excluding hydrogens is 324 g/mol. The Labute approximate surface area is 128 Å². The van der Waals surface area contributed by atoms with Crippen LogP contribution in [0.2, 0.25) is 0 Å². The van der Waals surface area contributed by atoms with Gasteiger partial charge in [0.15, 0.2) is 0 Å². The molecule has 0 bridgehead atoms. The second kappa shape index (κ2) is 7.86. The normalized spacial score (nSPS) is 14.2. The van der Waals surface area contributed by atoms with Gasteiger partial charge in [-0.05, 0) is 34.0 Å². The van der Waals surface area contributed by atoms with Crippen molar-refractivity contribution in [2.24, 2.45) is 5.92 Å². The lowest BCUT2D eigenvalue weighted by atomic mass is 9.89. The fraction of sp³-hybridized carbons (Fsp3) is 0.600. The Hall–Kier alpha value is -0.780. The molecule has 0 fully saturated rings. The van der Waals surface area contributed by atoms with Crippen LogP contribution in [0.25, 0.3) is 0 Å². The van der Waals surface area contributed by atoms with E-state index in [2.05, 4.69) is 15.9 Å². The number of methoxy groups -OCH3 is 2. The molecule has 0 aromatic heterocycles. The molecule has 1 aromatic carbocycles. The highest BCUT2D eigenvalue weighted by Gasteiger charge is 2.28. The lowest BCUT2D eigenvalue weighted by Gasteiger charge is -2.27. The molecule has 4 nitrogen and oxygen atoms in total. The average molecular weight is 347 g/mol. The topological polar surface area (TPSA) is 58.9 Å². The molecule has 5 heteroatoms. The van der Waals surface area contributed by atoms with E-state index in [0.29, 0.717) is 21.5 Å². The Kier molecular flexibility index (Phi) is 6.79. The van der Waals surface area contributed by atoms with Gasteiger partial charge >= 0.3 is 0 Å². The zero-order chi connectivity index (χ0) is 15.3. The standard InChI is InChI=1S/C15H23BrO4/c1-5-9(6-2)13(17)14(18)10-7-8-11(19-3)12(16)15(10)20-4/h7-9,13-14,17-18H,5-6H2,1-4H3. The first-order valence-electron chi connectivity index (χ1n) is 6.78. The Morgan fingerprint density at radius 1 is 1.10 bits per heavy atom. The van der Waals surface area contributed by atoms with Crippen LogP contribution in [0, 0.1) is 5.92 Å². The molecule has 1 rings (SSSR count). The summed E-state index contributed by atoms with van der Waals surface area (Å²) in [6, 6.07) is 3.46. The van der Waals surface area contributed by atoms with Crippen molar-refractivity contribution in [3.63, 3.8) is 0 Å². The van der Waals surface area contributed by atoms with E-state index in [0.717, 1.165) is 12.8 Å². The summed E-state index contributed by atoms with van der Waals surface area (Å²) in [4.78, 5) is 0. The predicted molar refractivity (Wildman–Crippen MR) is 82.3 cm³/mol. The molecule has 2 unspecified atom stereocenters. The van der Waals surface area contributed by atoms with Gasteiger partial charge < -0.3 is 19.7 Å². The van der Waals surface area contributed by atoms with Gasteiger partial charge in [0, 0.05) is 5.56 Å². The van der Waals surface area contributed by atoms with Crippen LogP contribution < -0.4 is 9.47 Å². The molecule has 0 aliphatic heterocycles. The molecule has 0 aliphatic rings. The van der Waals surface area contributed by atoms with Crippen LogP contribution in [-0.4, -0.2) is 30.5 Å². The van der Waals surface area contributed by atoms with Crippen molar-refractivity contribution in [3.05, 3.63) is 22.2 Å². The third kappa shape index (κ3) is 3.45. The van der Waals surface area contributed by atoms with Crippen LogP contribution in [-0.2, 0) is 0 Å². The molecule has 20 heavy (non-hydrogen) atoms. The van der Waals surface area contributed by atoms with Gasteiger partial charge in [-0.2, -0.15) is 0 Å². The van der Waals surface area contributed by atoms with Crippen molar-refractivity contribution >= 4 is 15.9 Å². The molecule has 2 atom stereocenters. The first kappa shape index (κ1) is 17.3. The van der Waals surface area contributed by atoms with Crippen molar-refractivity contribution in [3.8, 4) is 11.5 Å². The van der Waals surface area contributed by atoms with Gasteiger partial charge in [-0.15, -0.1) is 0 Å². The van der Waals surface area contributed by atoms with E-state index in [1.807, 2.05) is 13.8 Å². The molecule has 0 amide bonds. The van der Waals surface area contributed by atoms with Gasteiger partial charge in [-0.3, -0.25) is 0 Å². The summed E-state index contributed by atoms with van der Waals surface area (Å²) < 4.78 is 11.2. The quantitative estimate of drug-likeness (QED) is 0.795. The Morgan fingerprint density at radius 3 is 2.15 bits per heavy atom. The summed E-state index contributed by atoms with van der Waals surface area (Å²) >= 11 is 3.40. The van der Waals surface area contributed by atoms with Gasteiger partial charge in [0.2, 0.25) is 0 Å². The van der Waals surface area contributed by atoms with Gasteiger partial charge in [-0.1, -0.05) is 26.7 Å². The van der Waals surface area contributed by atoms with Crippen molar-refractivity contribution in [2.75, 3.05) is 14.2 Å². The molecule has 0 spiro atoms. The van der Waals surface area contributed by atoms with Crippen LogP contribution in [0.5, 0.6) is 11.5 Å². The lowest BCUT2D eigenvalue weighted by molar-refractivity contribution is -0.0220. The first-order chi connectivity index (χ1) is 9.51. The van der Waals surface area contributed by atoms with Gasteiger partial charge in [0.05, 0.1) is 20.3 Å². The van der Waals surface area contributed by atoms with E-state index >= 15 is 0 Å². The number of hydrogen-bond acceptors (Lipinski definition) is 4. The van der Waals surface area contributed by atoms with E-state index < -0.39 is 12.2 Å². The summed E-state index contributed by atoms with van der Waals surface area (Å²) in [5.74, 6) is 1.16. The highest BCUT2D eigenvalue weighted by molar-refractivity contribution is 9.10. The second-order valence-electron chi connectivity index (χ2n) is 4.72.